The highest BCUT2D eigenvalue weighted by Gasteiger charge is 2.28. The van der Waals surface area contributed by atoms with Crippen molar-refractivity contribution in [1.29, 1.82) is 0 Å². The smallest absolute Gasteiger partial charge is 0.232 e. The molecule has 6 heteroatoms. The van der Waals surface area contributed by atoms with Crippen molar-refractivity contribution < 1.29 is 17.6 Å². The molecule has 0 aromatic heterocycles. The lowest BCUT2D eigenvalue weighted by atomic mass is 9.89. The molecular weight excluding hydrogens is 329 g/mol. The number of Topliss-reactive ketones (excluding diaryl/α,β-unsaturated/α-hetero) is 1. The van der Waals surface area contributed by atoms with Gasteiger partial charge in [0.1, 0.15) is 5.82 Å². The first kappa shape index (κ1) is 16.6. The van der Waals surface area contributed by atoms with Gasteiger partial charge in [-0.25, -0.2) is 12.8 Å². The summed E-state index contributed by atoms with van der Waals surface area (Å²) in [5, 5.41) is 0. The molecule has 3 rings (SSSR count). The second-order valence-electron chi connectivity index (χ2n) is 5.95. The van der Waals surface area contributed by atoms with E-state index < -0.39 is 15.8 Å². The van der Waals surface area contributed by atoms with Gasteiger partial charge >= 0.3 is 0 Å². The molecule has 0 radical (unpaired) electrons. The zero-order valence-corrected chi connectivity index (χ0v) is 14.1. The summed E-state index contributed by atoms with van der Waals surface area (Å²) in [7, 11) is -3.58. The fourth-order valence-corrected chi connectivity index (χ4v) is 3.99. The first-order chi connectivity index (χ1) is 11.4. The van der Waals surface area contributed by atoms with E-state index in [0.717, 1.165) is 11.8 Å². The second kappa shape index (κ2) is 6.36. The minimum absolute atomic E-state index is 0.0421. The number of halogens is 1. The van der Waals surface area contributed by atoms with Crippen LogP contribution in [0.5, 0.6) is 0 Å². The van der Waals surface area contributed by atoms with E-state index in [-0.39, 0.29) is 17.9 Å². The Morgan fingerprint density at radius 3 is 2.46 bits per heavy atom. The van der Waals surface area contributed by atoms with E-state index in [2.05, 4.69) is 0 Å². The van der Waals surface area contributed by atoms with Crippen molar-refractivity contribution in [1.82, 2.24) is 0 Å². The van der Waals surface area contributed by atoms with Gasteiger partial charge < -0.3 is 0 Å². The fraction of sp³-hybridized carbons (Fsp3) is 0.278. The molecule has 0 bridgehead atoms. The van der Waals surface area contributed by atoms with Gasteiger partial charge in [0, 0.05) is 6.42 Å². The van der Waals surface area contributed by atoms with Crippen molar-refractivity contribution in [2.75, 3.05) is 10.6 Å². The monoisotopic (exact) mass is 347 g/mol. The SMILES string of the molecule is CS(=O)(=O)N(Cc1ccccc1)c1ccc(F)c2c1CCCC2=O. The molecule has 0 saturated heterocycles. The predicted octanol–water partition coefficient (Wildman–Crippen LogP) is 3.31. The van der Waals surface area contributed by atoms with Crippen LogP contribution in [0.3, 0.4) is 0 Å². The van der Waals surface area contributed by atoms with E-state index in [9.17, 15) is 17.6 Å². The summed E-state index contributed by atoms with van der Waals surface area (Å²) in [5.74, 6) is -0.838. The van der Waals surface area contributed by atoms with Crippen molar-refractivity contribution >= 4 is 21.5 Å². The third kappa shape index (κ3) is 3.19. The van der Waals surface area contributed by atoms with Gasteiger partial charge in [0.15, 0.2) is 5.78 Å². The van der Waals surface area contributed by atoms with Crippen LogP contribution in [-0.2, 0) is 23.0 Å². The fourth-order valence-electron chi connectivity index (χ4n) is 3.08. The van der Waals surface area contributed by atoms with Crippen LogP contribution >= 0.6 is 0 Å². The molecule has 1 aliphatic rings. The maximum Gasteiger partial charge on any atom is 0.232 e. The molecule has 0 aliphatic heterocycles. The second-order valence-corrected chi connectivity index (χ2v) is 7.86. The molecule has 0 atom stereocenters. The van der Waals surface area contributed by atoms with Crippen LogP contribution in [0, 0.1) is 5.82 Å². The lowest BCUT2D eigenvalue weighted by Gasteiger charge is -2.28. The highest BCUT2D eigenvalue weighted by Crippen LogP contribution is 2.34. The Morgan fingerprint density at radius 1 is 1.08 bits per heavy atom. The Bertz CT molecular complexity index is 879. The van der Waals surface area contributed by atoms with Crippen LogP contribution in [0.1, 0.15) is 34.3 Å². The topological polar surface area (TPSA) is 54.5 Å². The Hall–Kier alpha value is -2.21. The highest BCUT2D eigenvalue weighted by atomic mass is 32.2. The Labute approximate surface area is 141 Å². The molecule has 0 N–H and O–H groups in total. The lowest BCUT2D eigenvalue weighted by molar-refractivity contribution is 0.0968. The maximum absolute atomic E-state index is 14.1. The number of carbonyl (C=O) groups is 1. The van der Waals surface area contributed by atoms with Crippen molar-refractivity contribution in [2.24, 2.45) is 0 Å². The molecule has 0 amide bonds. The molecule has 0 unspecified atom stereocenters. The predicted molar refractivity (Wildman–Crippen MR) is 91.1 cm³/mol. The van der Waals surface area contributed by atoms with Gasteiger partial charge in [-0.05, 0) is 36.1 Å². The normalized spacial score (nSPS) is 14.3. The number of hydrogen-bond acceptors (Lipinski definition) is 3. The largest absolute Gasteiger partial charge is 0.294 e. The van der Waals surface area contributed by atoms with Crippen LogP contribution in [0.15, 0.2) is 42.5 Å². The van der Waals surface area contributed by atoms with Crippen molar-refractivity contribution in [3.63, 3.8) is 0 Å². The van der Waals surface area contributed by atoms with Gasteiger partial charge in [0.05, 0.1) is 24.1 Å². The summed E-state index contributed by atoms with van der Waals surface area (Å²) in [6.07, 6.45) is 2.52. The minimum atomic E-state index is -3.58. The zero-order chi connectivity index (χ0) is 17.3. The van der Waals surface area contributed by atoms with Crippen LogP contribution in [0.25, 0.3) is 0 Å². The van der Waals surface area contributed by atoms with E-state index in [1.54, 1.807) is 0 Å². The number of hydrogen-bond donors (Lipinski definition) is 0. The first-order valence-electron chi connectivity index (χ1n) is 7.74. The quantitative estimate of drug-likeness (QED) is 0.853. The van der Waals surface area contributed by atoms with Crippen molar-refractivity contribution in [3.8, 4) is 0 Å². The molecule has 4 nitrogen and oxygen atoms in total. The Balaban J connectivity index is 2.13. The third-order valence-corrected chi connectivity index (χ3v) is 5.31. The van der Waals surface area contributed by atoms with Crippen LogP contribution in [0.2, 0.25) is 0 Å². The number of anilines is 1. The summed E-state index contributed by atoms with van der Waals surface area (Å²) in [6.45, 7) is 0.145. The molecule has 126 valence electrons. The van der Waals surface area contributed by atoms with Gasteiger partial charge in [0.2, 0.25) is 10.0 Å². The average molecular weight is 347 g/mol. The molecule has 2 aromatic carbocycles. The van der Waals surface area contributed by atoms with Gasteiger partial charge in [-0.3, -0.25) is 9.10 Å². The van der Waals surface area contributed by atoms with Crippen LogP contribution < -0.4 is 4.31 Å². The number of nitrogens with zero attached hydrogens (tertiary/aromatic N) is 1. The first-order valence-corrected chi connectivity index (χ1v) is 9.59. The number of carbonyl (C=O) groups excluding carboxylic acids is 1. The summed E-state index contributed by atoms with van der Waals surface area (Å²) in [4.78, 5) is 12.1. The van der Waals surface area contributed by atoms with Crippen molar-refractivity contribution in [2.45, 2.75) is 25.8 Å². The molecular formula is C18H18FNO3S. The summed E-state index contributed by atoms with van der Waals surface area (Å²) in [5.41, 5.74) is 1.75. The number of fused-ring (bicyclic) bond motifs is 1. The molecule has 24 heavy (non-hydrogen) atoms. The van der Waals surface area contributed by atoms with Crippen LogP contribution in [0.4, 0.5) is 10.1 Å². The number of sulfonamides is 1. The summed E-state index contributed by atoms with van der Waals surface area (Å²) >= 11 is 0. The molecule has 0 heterocycles. The van der Waals surface area contributed by atoms with Gasteiger partial charge in [-0.2, -0.15) is 0 Å². The van der Waals surface area contributed by atoms with E-state index in [4.69, 9.17) is 0 Å². The molecule has 2 aromatic rings. The summed E-state index contributed by atoms with van der Waals surface area (Å²) < 4.78 is 40.0. The molecule has 0 saturated carbocycles. The lowest BCUT2D eigenvalue weighted by Crippen LogP contribution is -2.31. The molecule has 0 spiro atoms. The minimum Gasteiger partial charge on any atom is -0.294 e. The van der Waals surface area contributed by atoms with E-state index in [1.807, 2.05) is 30.3 Å². The molecule has 1 aliphatic carbocycles. The third-order valence-electron chi connectivity index (χ3n) is 4.18. The van der Waals surface area contributed by atoms with E-state index >= 15 is 0 Å². The van der Waals surface area contributed by atoms with E-state index in [0.29, 0.717) is 30.5 Å². The standard InChI is InChI=1S/C18H18FNO3S/c1-24(22,23)20(12-13-6-3-2-4-7-13)16-11-10-15(19)18-14(16)8-5-9-17(18)21/h2-4,6-7,10-11H,5,8-9,12H2,1H3. The van der Waals surface area contributed by atoms with Gasteiger partial charge in [-0.1, -0.05) is 30.3 Å². The number of benzene rings is 2. The number of ketones is 1. The Morgan fingerprint density at radius 2 is 1.79 bits per heavy atom. The Kier molecular flexibility index (Phi) is 4.41. The van der Waals surface area contributed by atoms with E-state index in [1.165, 1.54) is 16.4 Å². The average Bonchev–Trinajstić information content (AvgIpc) is 2.53. The van der Waals surface area contributed by atoms with Crippen molar-refractivity contribution in [3.05, 3.63) is 65.0 Å². The maximum atomic E-state index is 14.1. The van der Waals surface area contributed by atoms with Gasteiger partial charge in [0.25, 0.3) is 0 Å². The van der Waals surface area contributed by atoms with Gasteiger partial charge in [-0.15, -0.1) is 0 Å². The number of rotatable bonds is 4. The van der Waals surface area contributed by atoms with Crippen LogP contribution in [-0.4, -0.2) is 20.5 Å². The summed E-state index contributed by atoms with van der Waals surface area (Å²) in [6, 6.07) is 11.8. The zero-order valence-electron chi connectivity index (χ0n) is 13.3. The highest BCUT2D eigenvalue weighted by molar-refractivity contribution is 7.92. The molecule has 0 fully saturated rings.